The zero-order chi connectivity index (χ0) is 23.5. The van der Waals surface area contributed by atoms with Crippen molar-refractivity contribution < 1.29 is 18.6 Å². The molecule has 176 valence electrons. The molecule has 4 aromatic rings. The first kappa shape index (κ1) is 22.1. The van der Waals surface area contributed by atoms with Crippen LogP contribution in [0, 0.1) is 13.8 Å². The fourth-order valence-corrected chi connectivity index (χ4v) is 4.34. The molecular weight excluding hydrogens is 434 g/mol. The summed E-state index contributed by atoms with van der Waals surface area (Å²) in [5.74, 6) is 2.41. The van der Waals surface area contributed by atoms with Crippen LogP contribution in [-0.2, 0) is 11.3 Å². The summed E-state index contributed by atoms with van der Waals surface area (Å²) in [5.41, 5.74) is 1.47. The summed E-state index contributed by atoms with van der Waals surface area (Å²) in [7, 11) is 0. The molecule has 0 radical (unpaired) electrons. The summed E-state index contributed by atoms with van der Waals surface area (Å²) in [6, 6.07) is 13.9. The first-order chi connectivity index (χ1) is 16.6. The van der Waals surface area contributed by atoms with E-state index in [1.54, 1.807) is 0 Å². The Kier molecular flexibility index (Phi) is 6.27. The van der Waals surface area contributed by atoms with Crippen LogP contribution in [0.3, 0.4) is 0 Å². The number of rotatable bonds is 6. The minimum atomic E-state index is -0.00459. The Labute approximate surface area is 197 Å². The molecule has 0 saturated carbocycles. The minimum absolute atomic E-state index is 0.00459. The molecule has 0 N–H and O–H groups in total. The van der Waals surface area contributed by atoms with Crippen molar-refractivity contribution >= 4 is 16.7 Å². The van der Waals surface area contributed by atoms with Gasteiger partial charge < -0.3 is 18.7 Å². The molecule has 2 aromatic carbocycles. The number of ether oxygens (including phenoxy) is 1. The van der Waals surface area contributed by atoms with Crippen LogP contribution in [0.4, 0.5) is 0 Å². The van der Waals surface area contributed by atoms with E-state index in [1.165, 1.54) is 0 Å². The number of aromatic nitrogens is 3. The topological polar surface area (TPSA) is 97.7 Å². The molecule has 34 heavy (non-hydrogen) atoms. The Balaban J connectivity index is 1.16. The molecule has 9 heteroatoms. The molecule has 0 bridgehead atoms. The number of hydrogen-bond donors (Lipinski definition) is 0. The number of hydrogen-bond acceptors (Lipinski definition) is 8. The predicted octanol–water partition coefficient (Wildman–Crippen LogP) is 3.61. The van der Waals surface area contributed by atoms with Gasteiger partial charge in [0.25, 0.3) is 11.8 Å². The third kappa shape index (κ3) is 4.65. The second-order valence-corrected chi connectivity index (χ2v) is 8.49. The summed E-state index contributed by atoms with van der Waals surface area (Å²) in [5, 5.41) is 10.2. The number of nitrogens with zero attached hydrogens (tertiary/aromatic N) is 5. The number of amides is 1. The van der Waals surface area contributed by atoms with E-state index < -0.39 is 0 Å². The van der Waals surface area contributed by atoms with Gasteiger partial charge in [-0.2, -0.15) is 4.98 Å². The standard InChI is InChI=1S/C25H27N5O4/c1-17-24(18(2)33-27-17)25-26-22(28-34-25)15-29-11-6-12-30(14-13-29)23(31)16-32-21-10-5-8-19-7-3-4-9-20(19)21/h3-5,7-10H,6,11-16H2,1-2H3. The van der Waals surface area contributed by atoms with Gasteiger partial charge in [0.2, 0.25) is 0 Å². The predicted molar refractivity (Wildman–Crippen MR) is 125 cm³/mol. The Morgan fingerprint density at radius 3 is 2.71 bits per heavy atom. The van der Waals surface area contributed by atoms with E-state index in [0.717, 1.165) is 47.3 Å². The molecule has 1 aliphatic rings. The lowest BCUT2D eigenvalue weighted by atomic mass is 10.1. The van der Waals surface area contributed by atoms with Crippen molar-refractivity contribution in [3.05, 3.63) is 59.7 Å². The van der Waals surface area contributed by atoms with Gasteiger partial charge in [0.1, 0.15) is 17.1 Å². The zero-order valence-electron chi connectivity index (χ0n) is 19.4. The van der Waals surface area contributed by atoms with E-state index in [1.807, 2.05) is 61.2 Å². The van der Waals surface area contributed by atoms with Crippen molar-refractivity contribution in [2.24, 2.45) is 0 Å². The highest BCUT2D eigenvalue weighted by Gasteiger charge is 2.23. The van der Waals surface area contributed by atoms with Crippen molar-refractivity contribution in [3.8, 4) is 17.2 Å². The maximum Gasteiger partial charge on any atom is 0.263 e. The fourth-order valence-electron chi connectivity index (χ4n) is 4.34. The van der Waals surface area contributed by atoms with Gasteiger partial charge in [0.15, 0.2) is 12.4 Å². The van der Waals surface area contributed by atoms with Crippen LogP contribution >= 0.6 is 0 Å². The van der Waals surface area contributed by atoms with Crippen molar-refractivity contribution in [2.45, 2.75) is 26.8 Å². The molecule has 0 spiro atoms. The Morgan fingerprint density at radius 2 is 1.85 bits per heavy atom. The summed E-state index contributed by atoms with van der Waals surface area (Å²) in [4.78, 5) is 21.5. The lowest BCUT2D eigenvalue weighted by Crippen LogP contribution is -2.38. The second-order valence-electron chi connectivity index (χ2n) is 8.49. The molecule has 0 aliphatic carbocycles. The zero-order valence-corrected chi connectivity index (χ0v) is 19.4. The molecule has 1 fully saturated rings. The molecule has 1 amide bonds. The average molecular weight is 462 g/mol. The van der Waals surface area contributed by atoms with Crippen LogP contribution < -0.4 is 4.74 Å². The maximum absolute atomic E-state index is 12.9. The molecule has 1 aliphatic heterocycles. The SMILES string of the molecule is Cc1noc(C)c1-c1nc(CN2CCCN(C(=O)COc3cccc4ccccc34)CC2)no1. The van der Waals surface area contributed by atoms with E-state index in [0.29, 0.717) is 37.1 Å². The molecule has 1 saturated heterocycles. The van der Waals surface area contributed by atoms with Crippen LogP contribution in [0.15, 0.2) is 51.5 Å². The Hall–Kier alpha value is -3.72. The number of fused-ring (bicyclic) bond motifs is 1. The molecule has 0 atom stereocenters. The first-order valence-corrected chi connectivity index (χ1v) is 11.4. The summed E-state index contributed by atoms with van der Waals surface area (Å²) in [6.45, 7) is 7.17. The lowest BCUT2D eigenvalue weighted by molar-refractivity contribution is -0.133. The van der Waals surface area contributed by atoms with Gasteiger partial charge in [0.05, 0.1) is 12.2 Å². The monoisotopic (exact) mass is 461 g/mol. The summed E-state index contributed by atoms with van der Waals surface area (Å²) < 4.78 is 16.5. The molecule has 2 aromatic heterocycles. The smallest absolute Gasteiger partial charge is 0.263 e. The average Bonchev–Trinajstić information content (AvgIpc) is 3.35. The fraction of sp³-hybridized carbons (Fsp3) is 0.360. The van der Waals surface area contributed by atoms with Gasteiger partial charge in [-0.1, -0.05) is 46.7 Å². The highest BCUT2D eigenvalue weighted by molar-refractivity contribution is 5.88. The molecule has 9 nitrogen and oxygen atoms in total. The normalized spacial score (nSPS) is 14.9. The number of aryl methyl sites for hydroxylation is 2. The van der Waals surface area contributed by atoms with Crippen LogP contribution in [0.1, 0.15) is 23.7 Å². The van der Waals surface area contributed by atoms with E-state index in [2.05, 4.69) is 20.2 Å². The maximum atomic E-state index is 12.9. The van der Waals surface area contributed by atoms with Crippen LogP contribution in [0.5, 0.6) is 5.75 Å². The molecule has 5 rings (SSSR count). The third-order valence-electron chi connectivity index (χ3n) is 6.12. The quantitative estimate of drug-likeness (QED) is 0.430. The van der Waals surface area contributed by atoms with Crippen LogP contribution in [0.2, 0.25) is 0 Å². The third-order valence-corrected chi connectivity index (χ3v) is 6.12. The van der Waals surface area contributed by atoms with E-state index >= 15 is 0 Å². The number of carbonyl (C=O) groups excluding carboxylic acids is 1. The van der Waals surface area contributed by atoms with Gasteiger partial charge in [-0.05, 0) is 31.7 Å². The first-order valence-electron chi connectivity index (χ1n) is 11.4. The molecule has 0 unspecified atom stereocenters. The highest BCUT2D eigenvalue weighted by atomic mass is 16.5. The van der Waals surface area contributed by atoms with E-state index in [9.17, 15) is 4.79 Å². The van der Waals surface area contributed by atoms with Gasteiger partial charge in [-0.15, -0.1) is 0 Å². The van der Waals surface area contributed by atoms with E-state index in [4.69, 9.17) is 13.8 Å². The summed E-state index contributed by atoms with van der Waals surface area (Å²) >= 11 is 0. The molecular formula is C25H27N5O4. The number of carbonyl (C=O) groups is 1. The lowest BCUT2D eigenvalue weighted by Gasteiger charge is -2.21. The van der Waals surface area contributed by atoms with Crippen LogP contribution in [0.25, 0.3) is 22.2 Å². The summed E-state index contributed by atoms with van der Waals surface area (Å²) in [6.07, 6.45) is 0.870. The minimum Gasteiger partial charge on any atom is -0.483 e. The second kappa shape index (κ2) is 9.64. The highest BCUT2D eigenvalue weighted by Crippen LogP contribution is 2.26. The number of benzene rings is 2. The van der Waals surface area contributed by atoms with Gasteiger partial charge in [-0.25, -0.2) is 0 Å². The van der Waals surface area contributed by atoms with Gasteiger partial charge in [-0.3, -0.25) is 9.69 Å². The van der Waals surface area contributed by atoms with Gasteiger partial charge >= 0.3 is 0 Å². The van der Waals surface area contributed by atoms with Crippen LogP contribution in [-0.4, -0.2) is 63.8 Å². The van der Waals surface area contributed by atoms with Crippen molar-refractivity contribution in [3.63, 3.8) is 0 Å². The van der Waals surface area contributed by atoms with Crippen molar-refractivity contribution in [1.82, 2.24) is 25.1 Å². The van der Waals surface area contributed by atoms with E-state index in [-0.39, 0.29) is 12.5 Å². The van der Waals surface area contributed by atoms with Crippen molar-refractivity contribution in [2.75, 3.05) is 32.8 Å². The van der Waals surface area contributed by atoms with Crippen molar-refractivity contribution in [1.29, 1.82) is 0 Å². The Morgan fingerprint density at radius 1 is 1.00 bits per heavy atom. The molecule has 3 heterocycles. The van der Waals surface area contributed by atoms with Gasteiger partial charge in [0, 0.05) is 31.6 Å². The largest absolute Gasteiger partial charge is 0.483 e. The Bertz CT molecular complexity index is 1270.